The molecule has 2 aromatic carbocycles. The summed E-state index contributed by atoms with van der Waals surface area (Å²) in [5.41, 5.74) is 1.32. The molecule has 0 aliphatic heterocycles. The van der Waals surface area contributed by atoms with Gasteiger partial charge in [0, 0.05) is 29.6 Å². The molecule has 2 aromatic heterocycles. The van der Waals surface area contributed by atoms with E-state index >= 15 is 0 Å². The van der Waals surface area contributed by atoms with Gasteiger partial charge >= 0.3 is 0 Å². The average Bonchev–Trinajstić information content (AvgIpc) is 3.11. The van der Waals surface area contributed by atoms with E-state index in [0.29, 0.717) is 16.9 Å². The number of anilines is 3. The quantitative estimate of drug-likeness (QED) is 0.389. The van der Waals surface area contributed by atoms with Crippen molar-refractivity contribution in [3.05, 3.63) is 71.6 Å². The number of rotatable bonds is 7. The first-order chi connectivity index (χ1) is 16.2. The zero-order valence-corrected chi connectivity index (χ0v) is 19.1. The molecular weight excluding hydrogens is 468 g/mol. The summed E-state index contributed by atoms with van der Waals surface area (Å²) in [5, 5.41) is 6.61. The molecule has 0 spiro atoms. The smallest absolute Gasteiger partial charge is 0.264 e. The molecule has 0 aliphatic rings. The summed E-state index contributed by atoms with van der Waals surface area (Å²) < 4.78 is 66.3. The van der Waals surface area contributed by atoms with Gasteiger partial charge in [0.15, 0.2) is 0 Å². The van der Waals surface area contributed by atoms with Crippen molar-refractivity contribution in [3.63, 3.8) is 0 Å². The number of hydrogen-bond acceptors (Lipinski definition) is 8. The number of aromatic nitrogens is 3. The van der Waals surface area contributed by atoms with Crippen LogP contribution in [-0.2, 0) is 10.0 Å². The Bertz CT molecular complexity index is 1430. The second-order valence-electron chi connectivity index (χ2n) is 7.21. The van der Waals surface area contributed by atoms with E-state index in [1.807, 2.05) is 0 Å². The number of benzene rings is 2. The number of hydrogen-bond donors (Lipinski definition) is 2. The number of halogens is 2. The maximum atomic E-state index is 14.4. The first-order valence-corrected chi connectivity index (χ1v) is 11.4. The maximum Gasteiger partial charge on any atom is 0.264 e. The largest absolute Gasteiger partial charge is 0.497 e. The predicted molar refractivity (Wildman–Crippen MR) is 120 cm³/mol. The molecule has 2 heterocycles. The summed E-state index contributed by atoms with van der Waals surface area (Å²) in [6.45, 7) is 3.39. The highest BCUT2D eigenvalue weighted by Gasteiger charge is 2.19. The number of nitrogens with one attached hydrogen (secondary N) is 2. The van der Waals surface area contributed by atoms with Gasteiger partial charge in [0.1, 0.15) is 17.4 Å². The van der Waals surface area contributed by atoms with Gasteiger partial charge in [-0.2, -0.15) is 0 Å². The van der Waals surface area contributed by atoms with E-state index in [-0.39, 0.29) is 33.7 Å². The van der Waals surface area contributed by atoms with E-state index < -0.39 is 21.7 Å². The fraction of sp³-hybridized carbons (Fsp3) is 0.136. The highest BCUT2D eigenvalue weighted by molar-refractivity contribution is 7.92. The Kier molecular flexibility index (Phi) is 6.16. The Balaban J connectivity index is 1.54. The highest BCUT2D eigenvalue weighted by atomic mass is 32.2. The second-order valence-corrected chi connectivity index (χ2v) is 8.89. The third-order valence-corrected chi connectivity index (χ3v) is 6.31. The van der Waals surface area contributed by atoms with Crippen molar-refractivity contribution in [1.82, 2.24) is 15.1 Å². The van der Waals surface area contributed by atoms with Gasteiger partial charge in [0.2, 0.25) is 11.8 Å². The Morgan fingerprint density at radius 3 is 2.29 bits per heavy atom. The molecule has 0 bridgehead atoms. The molecule has 4 aromatic rings. The van der Waals surface area contributed by atoms with Crippen LogP contribution in [0.3, 0.4) is 0 Å². The summed E-state index contributed by atoms with van der Waals surface area (Å²) in [7, 11) is -2.60. The molecule has 4 rings (SSSR count). The lowest BCUT2D eigenvalue weighted by Gasteiger charge is -2.10. The molecule has 34 heavy (non-hydrogen) atoms. The van der Waals surface area contributed by atoms with Gasteiger partial charge in [0.05, 0.1) is 29.0 Å². The lowest BCUT2D eigenvalue weighted by molar-refractivity contribution is 0.407. The van der Waals surface area contributed by atoms with Gasteiger partial charge in [-0.15, -0.1) is 0 Å². The van der Waals surface area contributed by atoms with Crippen LogP contribution in [0.15, 0.2) is 58.1 Å². The predicted octanol–water partition coefficient (Wildman–Crippen LogP) is 4.58. The molecule has 0 radical (unpaired) electrons. The third kappa shape index (κ3) is 4.66. The summed E-state index contributed by atoms with van der Waals surface area (Å²) in [4.78, 5) is 8.20. The number of nitrogens with zero attached hydrogens (tertiary/aromatic N) is 3. The monoisotopic (exact) mass is 487 g/mol. The van der Waals surface area contributed by atoms with E-state index in [1.54, 1.807) is 13.8 Å². The van der Waals surface area contributed by atoms with E-state index in [0.717, 1.165) is 12.1 Å². The molecule has 0 saturated carbocycles. The normalized spacial score (nSPS) is 11.3. The van der Waals surface area contributed by atoms with Gasteiger partial charge in [-0.05, 0) is 44.2 Å². The summed E-state index contributed by atoms with van der Waals surface area (Å²) in [5.74, 6) is -1.51. The van der Waals surface area contributed by atoms with Crippen LogP contribution < -0.4 is 14.8 Å². The number of sulfonamides is 1. The second kappa shape index (κ2) is 9.06. The van der Waals surface area contributed by atoms with Crippen molar-refractivity contribution in [2.24, 2.45) is 0 Å². The van der Waals surface area contributed by atoms with E-state index in [4.69, 9.17) is 9.26 Å². The molecule has 9 nitrogen and oxygen atoms in total. The van der Waals surface area contributed by atoms with Gasteiger partial charge in [-0.1, -0.05) is 5.16 Å². The zero-order chi connectivity index (χ0) is 24.5. The number of ether oxygens (including phenoxy) is 1. The van der Waals surface area contributed by atoms with Crippen molar-refractivity contribution in [2.75, 3.05) is 17.1 Å². The number of methoxy groups -OCH3 is 1. The van der Waals surface area contributed by atoms with Crippen LogP contribution in [0.2, 0.25) is 0 Å². The Labute approximate surface area is 193 Å². The van der Waals surface area contributed by atoms with Gasteiger partial charge in [0.25, 0.3) is 10.0 Å². The lowest BCUT2D eigenvalue weighted by atomic mass is 10.1. The van der Waals surface area contributed by atoms with Crippen LogP contribution in [0.25, 0.3) is 11.3 Å². The number of aryl methyl sites for hydroxylation is 1. The van der Waals surface area contributed by atoms with Crippen LogP contribution in [0, 0.1) is 25.5 Å². The molecule has 0 fully saturated rings. The average molecular weight is 487 g/mol. The van der Waals surface area contributed by atoms with Crippen molar-refractivity contribution >= 4 is 27.5 Å². The zero-order valence-electron chi connectivity index (χ0n) is 18.3. The van der Waals surface area contributed by atoms with Crippen LogP contribution >= 0.6 is 0 Å². The molecule has 12 heteroatoms. The van der Waals surface area contributed by atoms with Crippen molar-refractivity contribution in [3.8, 4) is 17.0 Å². The molecule has 0 unspecified atom stereocenters. The molecule has 0 amide bonds. The highest BCUT2D eigenvalue weighted by Crippen LogP contribution is 2.29. The topological polar surface area (TPSA) is 119 Å². The summed E-state index contributed by atoms with van der Waals surface area (Å²) in [6, 6.07) is 9.22. The van der Waals surface area contributed by atoms with Gasteiger partial charge < -0.3 is 14.6 Å². The Morgan fingerprint density at radius 1 is 1.03 bits per heavy atom. The minimum absolute atomic E-state index is 0.0106. The first-order valence-electron chi connectivity index (χ1n) is 9.87. The summed E-state index contributed by atoms with van der Waals surface area (Å²) in [6.07, 6.45) is 1.35. The molecule has 0 saturated heterocycles. The van der Waals surface area contributed by atoms with E-state index in [9.17, 15) is 17.2 Å². The maximum absolute atomic E-state index is 14.4. The third-order valence-electron chi connectivity index (χ3n) is 4.97. The van der Waals surface area contributed by atoms with Crippen molar-refractivity contribution < 1.29 is 26.5 Å². The van der Waals surface area contributed by atoms with Crippen LogP contribution in [0.5, 0.6) is 5.75 Å². The van der Waals surface area contributed by atoms with Crippen molar-refractivity contribution in [2.45, 2.75) is 18.7 Å². The molecule has 0 atom stereocenters. The van der Waals surface area contributed by atoms with Crippen LogP contribution in [-0.4, -0.2) is 30.7 Å². The lowest BCUT2D eigenvalue weighted by Crippen LogP contribution is -2.13. The molecule has 176 valence electrons. The minimum atomic E-state index is -3.91. The van der Waals surface area contributed by atoms with E-state index in [1.165, 1.54) is 43.6 Å². The molecule has 0 aliphatic carbocycles. The van der Waals surface area contributed by atoms with Gasteiger partial charge in [-0.3, -0.25) is 0 Å². The van der Waals surface area contributed by atoms with Gasteiger partial charge in [-0.25, -0.2) is 31.9 Å². The van der Waals surface area contributed by atoms with Crippen LogP contribution in [0.1, 0.15) is 11.3 Å². The fourth-order valence-electron chi connectivity index (χ4n) is 3.01. The van der Waals surface area contributed by atoms with Crippen molar-refractivity contribution in [1.29, 1.82) is 0 Å². The molecule has 2 N–H and O–H groups in total. The Hall–Kier alpha value is -4.06. The first kappa shape index (κ1) is 23.1. The SMILES string of the molecule is COc1cc(F)c(-c2ccnc(Nc3ccc(S(=O)(=O)Nc4onc(C)c4C)cc3)n2)c(F)c1. The molecular formula is C22H19F2N5O4S. The minimum Gasteiger partial charge on any atom is -0.497 e. The fourth-order valence-corrected chi connectivity index (χ4v) is 4.06. The Morgan fingerprint density at radius 2 is 1.71 bits per heavy atom. The summed E-state index contributed by atoms with van der Waals surface area (Å²) >= 11 is 0. The standard InChI is InChI=1S/C22H19F2N5O4S/c1-12-13(2)28-33-21(12)29-34(30,31)16-6-4-14(5-7-16)26-22-25-9-8-19(27-22)20-17(23)10-15(32-3)11-18(20)24/h4-11,29H,1-3H3,(H,25,26,27). The van der Waals surface area contributed by atoms with E-state index in [2.05, 4.69) is 25.2 Å². The van der Waals surface area contributed by atoms with Crippen LogP contribution in [0.4, 0.5) is 26.3 Å².